The van der Waals surface area contributed by atoms with Gasteiger partial charge in [0.05, 0.1) is 12.8 Å². The third kappa shape index (κ3) is 13.0. The van der Waals surface area contributed by atoms with Crippen LogP contribution >= 0.6 is 23.5 Å². The predicted octanol–water partition coefficient (Wildman–Crippen LogP) is 5.97. The predicted molar refractivity (Wildman–Crippen MR) is 123 cm³/mol. The molecule has 0 aliphatic carbocycles. The summed E-state index contributed by atoms with van der Waals surface area (Å²) in [7, 11) is 0. The first-order chi connectivity index (χ1) is 12.9. The molecule has 2 atom stereocenters. The molecule has 4 nitrogen and oxygen atoms in total. The molecule has 0 spiro atoms. The van der Waals surface area contributed by atoms with Gasteiger partial charge < -0.3 is 9.47 Å². The number of thioether (sulfide) groups is 2. The fourth-order valence-corrected chi connectivity index (χ4v) is 4.41. The third-order valence-corrected chi connectivity index (χ3v) is 5.83. The Labute approximate surface area is 181 Å². The molecule has 0 aliphatic heterocycles. The minimum absolute atomic E-state index is 0.139. The quantitative estimate of drug-likeness (QED) is 0.296. The van der Waals surface area contributed by atoms with Gasteiger partial charge in [0.25, 0.3) is 0 Å². The van der Waals surface area contributed by atoms with Crippen molar-refractivity contribution in [3.63, 3.8) is 0 Å². The molecular formula is C22H42O4S2. The Morgan fingerprint density at radius 1 is 0.750 bits per heavy atom. The molecule has 0 bridgehead atoms. The molecule has 0 aromatic carbocycles. The molecule has 0 amide bonds. The molecule has 0 saturated heterocycles. The van der Waals surface area contributed by atoms with Gasteiger partial charge in [0, 0.05) is 11.5 Å². The number of hydrogen-bond acceptors (Lipinski definition) is 6. The Morgan fingerprint density at radius 2 is 1.07 bits per heavy atom. The first-order valence-electron chi connectivity index (χ1n) is 10.4. The number of carbonyl (C=O) groups is 2. The van der Waals surface area contributed by atoms with Gasteiger partial charge >= 0.3 is 11.9 Å². The maximum absolute atomic E-state index is 12.3. The molecule has 0 fully saturated rings. The molecule has 28 heavy (non-hydrogen) atoms. The Morgan fingerprint density at radius 3 is 1.32 bits per heavy atom. The minimum atomic E-state index is -0.534. The molecule has 6 heteroatoms. The average Bonchev–Trinajstić information content (AvgIpc) is 2.55. The number of rotatable bonds is 15. The van der Waals surface area contributed by atoms with E-state index in [1.165, 1.54) is 0 Å². The van der Waals surface area contributed by atoms with E-state index in [0.717, 1.165) is 24.3 Å². The second kappa shape index (κ2) is 13.8. The molecule has 0 rings (SSSR count). The fourth-order valence-electron chi connectivity index (χ4n) is 3.67. The molecule has 0 saturated carbocycles. The Hall–Kier alpha value is -0.360. The zero-order chi connectivity index (χ0) is 21.8. The molecule has 2 unspecified atom stereocenters. The van der Waals surface area contributed by atoms with Crippen LogP contribution in [0.1, 0.15) is 80.1 Å². The number of ether oxygens (including phenoxy) is 2. The molecule has 0 N–H and O–H groups in total. The lowest BCUT2D eigenvalue weighted by atomic mass is 9.82. The third-order valence-electron chi connectivity index (χ3n) is 4.60. The van der Waals surface area contributed by atoms with E-state index in [1.54, 1.807) is 23.5 Å². The summed E-state index contributed by atoms with van der Waals surface area (Å²) in [5.41, 5.74) is -1.07. The maximum atomic E-state index is 12.3. The van der Waals surface area contributed by atoms with Crippen molar-refractivity contribution in [3.05, 3.63) is 0 Å². The van der Waals surface area contributed by atoms with Crippen LogP contribution < -0.4 is 0 Å². The maximum Gasteiger partial charge on any atom is 0.307 e. The van der Waals surface area contributed by atoms with E-state index < -0.39 is 11.2 Å². The smallest absolute Gasteiger partial charge is 0.307 e. The van der Waals surface area contributed by atoms with Gasteiger partial charge in [-0.05, 0) is 63.9 Å². The van der Waals surface area contributed by atoms with Crippen LogP contribution in [0.3, 0.4) is 0 Å². The van der Waals surface area contributed by atoms with Gasteiger partial charge in [0.1, 0.15) is 11.2 Å². The summed E-state index contributed by atoms with van der Waals surface area (Å²) in [6, 6.07) is 0. The Bertz CT molecular complexity index is 425. The zero-order valence-corrected chi connectivity index (χ0v) is 20.9. The van der Waals surface area contributed by atoms with E-state index in [9.17, 15) is 9.59 Å². The summed E-state index contributed by atoms with van der Waals surface area (Å²) >= 11 is 3.29. The highest BCUT2D eigenvalue weighted by molar-refractivity contribution is 7.98. The van der Waals surface area contributed by atoms with Crippen LogP contribution in [-0.2, 0) is 19.1 Å². The summed E-state index contributed by atoms with van der Waals surface area (Å²) < 4.78 is 11.9. The molecular weight excluding hydrogens is 392 g/mol. The Balaban J connectivity index is 5.16. The summed E-state index contributed by atoms with van der Waals surface area (Å²) in [5, 5.41) is 0. The lowest BCUT2D eigenvalue weighted by Crippen LogP contribution is -2.39. The van der Waals surface area contributed by atoms with Crippen LogP contribution in [0.25, 0.3) is 0 Å². The molecule has 0 radical (unpaired) electrons. The first-order valence-corrected chi connectivity index (χ1v) is 13.2. The normalized spacial score (nSPS) is 15.9. The fraction of sp³-hybridized carbons (Fsp3) is 0.909. The van der Waals surface area contributed by atoms with E-state index >= 15 is 0 Å². The van der Waals surface area contributed by atoms with Gasteiger partial charge in [-0.15, -0.1) is 0 Å². The second-order valence-corrected chi connectivity index (χ2v) is 11.0. The molecule has 0 heterocycles. The summed E-state index contributed by atoms with van der Waals surface area (Å²) in [5.74, 6) is 2.10. The van der Waals surface area contributed by atoms with E-state index in [1.807, 2.05) is 26.4 Å². The van der Waals surface area contributed by atoms with Crippen LogP contribution in [0.5, 0.6) is 0 Å². The van der Waals surface area contributed by atoms with Gasteiger partial charge in [-0.25, -0.2) is 0 Å². The highest BCUT2D eigenvalue weighted by Crippen LogP contribution is 2.34. The zero-order valence-electron chi connectivity index (χ0n) is 19.3. The topological polar surface area (TPSA) is 52.6 Å². The van der Waals surface area contributed by atoms with Crippen molar-refractivity contribution in [1.82, 2.24) is 0 Å². The van der Waals surface area contributed by atoms with Gasteiger partial charge in [0.2, 0.25) is 0 Å². The van der Waals surface area contributed by atoms with E-state index in [4.69, 9.17) is 9.47 Å². The molecule has 0 aliphatic rings. The van der Waals surface area contributed by atoms with Gasteiger partial charge in [0.15, 0.2) is 0 Å². The van der Waals surface area contributed by atoms with Crippen LogP contribution in [0.2, 0.25) is 0 Å². The summed E-state index contributed by atoms with van der Waals surface area (Å²) in [4.78, 5) is 24.5. The van der Waals surface area contributed by atoms with Gasteiger partial charge in [-0.2, -0.15) is 23.5 Å². The van der Waals surface area contributed by atoms with E-state index in [2.05, 4.69) is 27.7 Å². The van der Waals surface area contributed by atoms with Crippen molar-refractivity contribution >= 4 is 35.5 Å². The summed E-state index contributed by atoms with van der Waals surface area (Å²) in [6.07, 6.45) is 7.83. The van der Waals surface area contributed by atoms with Crippen molar-refractivity contribution in [2.75, 3.05) is 24.0 Å². The summed E-state index contributed by atoms with van der Waals surface area (Å²) in [6.45, 7) is 12.6. The average molecular weight is 435 g/mol. The monoisotopic (exact) mass is 434 g/mol. The van der Waals surface area contributed by atoms with Crippen molar-refractivity contribution in [3.8, 4) is 0 Å². The van der Waals surface area contributed by atoms with Gasteiger partial charge in [-0.1, -0.05) is 27.7 Å². The second-order valence-electron chi connectivity index (χ2n) is 9.03. The van der Waals surface area contributed by atoms with E-state index in [0.29, 0.717) is 37.5 Å². The molecule has 0 aromatic rings. The van der Waals surface area contributed by atoms with Crippen LogP contribution in [0, 0.1) is 11.8 Å². The van der Waals surface area contributed by atoms with Crippen molar-refractivity contribution < 1.29 is 19.1 Å². The van der Waals surface area contributed by atoms with Gasteiger partial charge in [-0.3, -0.25) is 9.59 Å². The number of carbonyl (C=O) groups excluding carboxylic acids is 2. The van der Waals surface area contributed by atoms with Crippen molar-refractivity contribution in [2.24, 2.45) is 11.8 Å². The van der Waals surface area contributed by atoms with E-state index in [-0.39, 0.29) is 11.9 Å². The molecule has 166 valence electrons. The largest absolute Gasteiger partial charge is 0.459 e. The van der Waals surface area contributed by atoms with Crippen LogP contribution in [0.15, 0.2) is 0 Å². The Kier molecular flexibility index (Phi) is 13.6. The van der Waals surface area contributed by atoms with Crippen LogP contribution in [-0.4, -0.2) is 47.2 Å². The lowest BCUT2D eigenvalue weighted by Gasteiger charge is -2.37. The number of hydrogen-bond donors (Lipinski definition) is 0. The standard InChI is InChI=1S/C22H42O4S2/c1-17(2)15-21(5,25-19(23)9-13-27-7)11-12-22(6,16-18(3)4)26-20(24)10-14-28-8/h17-18H,9-16H2,1-8H3. The lowest BCUT2D eigenvalue weighted by molar-refractivity contribution is -0.168. The highest BCUT2D eigenvalue weighted by Gasteiger charge is 2.36. The van der Waals surface area contributed by atoms with Crippen molar-refractivity contribution in [2.45, 2.75) is 91.3 Å². The molecule has 0 aromatic heterocycles. The number of esters is 2. The highest BCUT2D eigenvalue weighted by atomic mass is 32.2. The van der Waals surface area contributed by atoms with Crippen molar-refractivity contribution in [1.29, 1.82) is 0 Å². The van der Waals surface area contributed by atoms with Crippen LogP contribution in [0.4, 0.5) is 0 Å². The first kappa shape index (κ1) is 27.6. The minimum Gasteiger partial charge on any atom is -0.459 e. The SMILES string of the molecule is CSCCC(=O)OC(C)(CCC(C)(CC(C)C)OC(=O)CCSC)CC(C)C.